The molecule has 0 aliphatic carbocycles. The average molecular weight is 306 g/mol. The van der Waals surface area contributed by atoms with Gasteiger partial charge in [-0.05, 0) is 12.1 Å². The molecule has 1 aromatic carbocycles. The monoisotopic (exact) mass is 306 g/mol. The third-order valence-electron chi connectivity index (χ3n) is 3.58. The van der Waals surface area contributed by atoms with Crippen LogP contribution < -0.4 is 10.1 Å². The van der Waals surface area contributed by atoms with Gasteiger partial charge in [-0.2, -0.15) is 13.2 Å². The highest BCUT2D eigenvalue weighted by atomic mass is 19.4. The van der Waals surface area contributed by atoms with Gasteiger partial charge in [-0.1, -0.05) is 6.07 Å². The van der Waals surface area contributed by atoms with Crippen LogP contribution in [0.2, 0.25) is 0 Å². The molecule has 1 aromatic rings. The van der Waals surface area contributed by atoms with Crippen molar-refractivity contribution < 1.29 is 22.3 Å². The van der Waals surface area contributed by atoms with E-state index in [-0.39, 0.29) is 11.3 Å². The maximum absolute atomic E-state index is 14.1. The molecular weight excluding hydrogens is 288 g/mol. The van der Waals surface area contributed by atoms with Gasteiger partial charge in [-0.25, -0.2) is 4.39 Å². The molecule has 0 saturated carbocycles. The maximum Gasteiger partial charge on any atom is 0.390 e. The molecule has 21 heavy (non-hydrogen) atoms. The second-order valence-corrected chi connectivity index (χ2v) is 4.98. The van der Waals surface area contributed by atoms with Gasteiger partial charge in [0.15, 0.2) is 0 Å². The van der Waals surface area contributed by atoms with E-state index in [1.807, 2.05) is 0 Å². The smallest absolute Gasteiger partial charge is 0.390 e. The zero-order chi connectivity index (χ0) is 15.5. The number of nitrogens with zero attached hydrogens (tertiary/aromatic N) is 1. The summed E-state index contributed by atoms with van der Waals surface area (Å²) in [6.07, 6.45) is -5.47. The van der Waals surface area contributed by atoms with E-state index in [0.717, 1.165) is 0 Å². The molecule has 1 saturated heterocycles. The van der Waals surface area contributed by atoms with Crippen LogP contribution in [0.15, 0.2) is 18.2 Å². The van der Waals surface area contributed by atoms with Gasteiger partial charge in [-0.15, -0.1) is 0 Å². The Morgan fingerprint density at radius 1 is 1.29 bits per heavy atom. The normalized spacial score (nSPS) is 18.5. The van der Waals surface area contributed by atoms with Gasteiger partial charge in [0.2, 0.25) is 0 Å². The van der Waals surface area contributed by atoms with Crippen molar-refractivity contribution in [3.63, 3.8) is 0 Å². The van der Waals surface area contributed by atoms with Crippen molar-refractivity contribution in [3.05, 3.63) is 29.6 Å². The fourth-order valence-electron chi connectivity index (χ4n) is 2.65. The van der Waals surface area contributed by atoms with Crippen LogP contribution in [0.5, 0.6) is 5.75 Å². The summed E-state index contributed by atoms with van der Waals surface area (Å²) in [5, 5.41) is 3.08. The number of nitrogens with one attached hydrogen (secondary N) is 1. The summed E-state index contributed by atoms with van der Waals surface area (Å²) in [4.78, 5) is 1.66. The minimum absolute atomic E-state index is 0.0146. The molecule has 1 heterocycles. The van der Waals surface area contributed by atoms with Crippen LogP contribution in [0.25, 0.3) is 0 Å². The standard InChI is InChI=1S/C14H18F4N2O/c1-21-12-4-2-3-10(15)13(12)11(9-14(16,17)18)20-7-5-19-6-8-20/h2-4,11,19H,5-9H2,1H3/t11-/m1/s1. The minimum Gasteiger partial charge on any atom is -0.496 e. The molecule has 0 amide bonds. The lowest BCUT2D eigenvalue weighted by atomic mass is 9.99. The SMILES string of the molecule is COc1cccc(F)c1[C@@H](CC(F)(F)F)N1CCNCC1. The Kier molecular flexibility index (Phi) is 5.05. The first-order chi connectivity index (χ1) is 9.92. The van der Waals surface area contributed by atoms with Crippen LogP contribution in [-0.2, 0) is 0 Å². The Hall–Kier alpha value is -1.34. The van der Waals surface area contributed by atoms with Gasteiger partial charge in [-0.3, -0.25) is 4.90 Å². The van der Waals surface area contributed by atoms with Gasteiger partial charge in [0, 0.05) is 31.7 Å². The first-order valence-corrected chi connectivity index (χ1v) is 6.76. The topological polar surface area (TPSA) is 24.5 Å². The lowest BCUT2D eigenvalue weighted by molar-refractivity contribution is -0.149. The summed E-state index contributed by atoms with van der Waals surface area (Å²) in [7, 11) is 1.33. The summed E-state index contributed by atoms with van der Waals surface area (Å²) < 4.78 is 57.9. The lowest BCUT2D eigenvalue weighted by Gasteiger charge is -2.36. The number of ether oxygens (including phenoxy) is 1. The molecule has 0 aromatic heterocycles. The van der Waals surface area contributed by atoms with Crippen molar-refractivity contribution in [3.8, 4) is 5.75 Å². The van der Waals surface area contributed by atoms with Crippen LogP contribution in [0.1, 0.15) is 18.0 Å². The van der Waals surface area contributed by atoms with Gasteiger partial charge < -0.3 is 10.1 Å². The molecule has 1 N–H and O–H groups in total. The van der Waals surface area contributed by atoms with E-state index in [9.17, 15) is 17.6 Å². The maximum atomic E-state index is 14.1. The zero-order valence-electron chi connectivity index (χ0n) is 11.7. The Morgan fingerprint density at radius 3 is 2.52 bits per heavy atom. The fraction of sp³-hybridized carbons (Fsp3) is 0.571. The second-order valence-electron chi connectivity index (χ2n) is 4.98. The number of methoxy groups -OCH3 is 1. The number of rotatable bonds is 4. The van der Waals surface area contributed by atoms with Crippen molar-refractivity contribution in [1.82, 2.24) is 10.2 Å². The minimum atomic E-state index is -4.37. The van der Waals surface area contributed by atoms with Crippen molar-refractivity contribution in [1.29, 1.82) is 0 Å². The van der Waals surface area contributed by atoms with Gasteiger partial charge in [0.05, 0.1) is 19.6 Å². The Labute approximate surface area is 120 Å². The van der Waals surface area contributed by atoms with Crippen molar-refractivity contribution >= 4 is 0 Å². The second kappa shape index (κ2) is 6.62. The van der Waals surface area contributed by atoms with E-state index >= 15 is 0 Å². The molecule has 1 aliphatic heterocycles. The first kappa shape index (κ1) is 16.0. The third kappa shape index (κ3) is 4.07. The molecule has 0 radical (unpaired) electrons. The first-order valence-electron chi connectivity index (χ1n) is 6.76. The highest BCUT2D eigenvalue weighted by molar-refractivity contribution is 5.37. The molecule has 2 rings (SSSR count). The van der Waals surface area contributed by atoms with Crippen LogP contribution in [0, 0.1) is 5.82 Å². The Morgan fingerprint density at radius 2 is 1.95 bits per heavy atom. The molecule has 1 fully saturated rings. The fourth-order valence-corrected chi connectivity index (χ4v) is 2.65. The van der Waals surface area contributed by atoms with Crippen LogP contribution >= 0.6 is 0 Å². The van der Waals surface area contributed by atoms with Gasteiger partial charge in [0.25, 0.3) is 0 Å². The van der Waals surface area contributed by atoms with E-state index in [4.69, 9.17) is 4.74 Å². The molecule has 1 aliphatic rings. The van der Waals surface area contributed by atoms with E-state index in [1.54, 1.807) is 4.90 Å². The molecule has 3 nitrogen and oxygen atoms in total. The molecule has 0 unspecified atom stereocenters. The Balaban J connectivity index is 2.38. The van der Waals surface area contributed by atoms with Crippen molar-refractivity contribution in [2.24, 2.45) is 0 Å². The lowest BCUT2D eigenvalue weighted by Crippen LogP contribution is -2.46. The predicted molar refractivity (Wildman–Crippen MR) is 70.8 cm³/mol. The summed E-state index contributed by atoms with van der Waals surface area (Å²) in [6.45, 7) is 2.06. The van der Waals surface area contributed by atoms with Crippen LogP contribution in [0.4, 0.5) is 17.6 Å². The number of halogens is 4. The van der Waals surface area contributed by atoms with Crippen molar-refractivity contribution in [2.75, 3.05) is 33.3 Å². The van der Waals surface area contributed by atoms with E-state index in [0.29, 0.717) is 26.2 Å². The summed E-state index contributed by atoms with van der Waals surface area (Å²) >= 11 is 0. The highest BCUT2D eigenvalue weighted by Gasteiger charge is 2.38. The quantitative estimate of drug-likeness (QED) is 0.866. The highest BCUT2D eigenvalue weighted by Crippen LogP contribution is 2.39. The molecule has 1 atom stereocenters. The van der Waals surface area contributed by atoms with E-state index in [2.05, 4.69) is 5.32 Å². The molecular formula is C14H18F4N2O. The molecule has 118 valence electrons. The van der Waals surface area contributed by atoms with Gasteiger partial charge in [0.1, 0.15) is 11.6 Å². The predicted octanol–water partition coefficient (Wildman–Crippen LogP) is 2.73. The van der Waals surface area contributed by atoms with E-state index < -0.39 is 24.5 Å². The number of hydrogen-bond acceptors (Lipinski definition) is 3. The molecule has 7 heteroatoms. The number of benzene rings is 1. The molecule has 0 bridgehead atoms. The van der Waals surface area contributed by atoms with E-state index in [1.165, 1.54) is 25.3 Å². The van der Waals surface area contributed by atoms with Crippen LogP contribution in [-0.4, -0.2) is 44.4 Å². The van der Waals surface area contributed by atoms with Crippen LogP contribution in [0.3, 0.4) is 0 Å². The molecule has 0 spiro atoms. The summed E-state index contributed by atoms with van der Waals surface area (Å²) in [5.41, 5.74) is -0.0146. The number of alkyl halides is 3. The summed E-state index contributed by atoms with van der Waals surface area (Å²) in [6, 6.07) is 3.02. The number of piperazine rings is 1. The zero-order valence-corrected chi connectivity index (χ0v) is 11.7. The average Bonchev–Trinajstić information content (AvgIpc) is 2.45. The summed E-state index contributed by atoms with van der Waals surface area (Å²) in [5.74, 6) is -0.509. The van der Waals surface area contributed by atoms with Crippen molar-refractivity contribution in [2.45, 2.75) is 18.6 Å². The Bertz CT molecular complexity index is 473. The van der Waals surface area contributed by atoms with Gasteiger partial charge >= 0.3 is 6.18 Å². The third-order valence-corrected chi connectivity index (χ3v) is 3.58. The number of hydrogen-bond donors (Lipinski definition) is 1. The largest absolute Gasteiger partial charge is 0.496 e.